The zero-order valence-electron chi connectivity index (χ0n) is 10.0. The van der Waals surface area contributed by atoms with Crippen LogP contribution in [0.1, 0.15) is 39.0 Å². The van der Waals surface area contributed by atoms with Crippen molar-refractivity contribution in [1.29, 1.82) is 0 Å². The molecule has 2 N–H and O–H groups in total. The molecule has 0 spiro atoms. The Bertz CT molecular complexity index is 229. The van der Waals surface area contributed by atoms with Crippen LogP contribution < -0.4 is 5.32 Å². The number of thiol groups is 1. The number of aliphatic hydroxyl groups excluding tert-OH is 1. The van der Waals surface area contributed by atoms with Crippen LogP contribution in [0.3, 0.4) is 0 Å². The number of hydrogen-bond donors (Lipinski definition) is 3. The van der Waals surface area contributed by atoms with Gasteiger partial charge in [-0.05, 0) is 36.3 Å². The fourth-order valence-electron chi connectivity index (χ4n) is 1.86. The predicted octanol–water partition coefficient (Wildman–Crippen LogP) is 1.61. The van der Waals surface area contributed by atoms with Crippen LogP contribution >= 0.6 is 12.6 Å². The molecule has 94 valence electrons. The van der Waals surface area contributed by atoms with Gasteiger partial charge in [0, 0.05) is 19.6 Å². The van der Waals surface area contributed by atoms with Gasteiger partial charge in [-0.2, -0.15) is 12.6 Å². The molecule has 1 unspecified atom stereocenters. The van der Waals surface area contributed by atoms with Crippen molar-refractivity contribution in [3.05, 3.63) is 0 Å². The first kappa shape index (κ1) is 13.8. The second kappa shape index (κ2) is 6.50. The van der Waals surface area contributed by atoms with Crippen LogP contribution in [0.4, 0.5) is 0 Å². The summed E-state index contributed by atoms with van der Waals surface area (Å²) < 4.78 is 0. The highest BCUT2D eigenvalue weighted by atomic mass is 32.1. The van der Waals surface area contributed by atoms with Gasteiger partial charge in [0.1, 0.15) is 0 Å². The molecule has 4 heteroatoms. The summed E-state index contributed by atoms with van der Waals surface area (Å²) in [5.41, 5.74) is 0.200. The molecule has 1 saturated carbocycles. The summed E-state index contributed by atoms with van der Waals surface area (Å²) in [6.45, 7) is 2.98. The van der Waals surface area contributed by atoms with E-state index in [9.17, 15) is 4.79 Å². The maximum Gasteiger partial charge on any atom is 0.220 e. The van der Waals surface area contributed by atoms with Gasteiger partial charge in [-0.1, -0.05) is 13.3 Å². The fraction of sp³-hybridized carbons (Fsp3) is 0.917. The molecule has 0 aromatic carbocycles. The van der Waals surface area contributed by atoms with Gasteiger partial charge in [0.25, 0.3) is 0 Å². The molecule has 3 nitrogen and oxygen atoms in total. The Balaban J connectivity index is 2.19. The highest BCUT2D eigenvalue weighted by molar-refractivity contribution is 7.80. The molecule has 0 saturated heterocycles. The van der Waals surface area contributed by atoms with Gasteiger partial charge in [0.2, 0.25) is 5.91 Å². The number of nitrogens with one attached hydrogen (secondary N) is 1. The SMILES string of the molecule is CCC(CCO)CNC(=O)CC1(CS)CC1. The normalized spacial score (nSPS) is 19.2. The molecule has 1 atom stereocenters. The second-order valence-electron chi connectivity index (χ2n) is 4.93. The third-order valence-corrected chi connectivity index (χ3v) is 4.20. The molecular formula is C12H23NO2S. The van der Waals surface area contributed by atoms with Crippen LogP contribution in [0.2, 0.25) is 0 Å². The van der Waals surface area contributed by atoms with Crippen molar-refractivity contribution in [2.45, 2.75) is 39.0 Å². The Labute approximate surface area is 103 Å². The van der Waals surface area contributed by atoms with Crippen molar-refractivity contribution in [2.75, 3.05) is 18.9 Å². The minimum atomic E-state index is 0.142. The molecule has 0 radical (unpaired) electrons. The van der Waals surface area contributed by atoms with Crippen molar-refractivity contribution < 1.29 is 9.90 Å². The zero-order chi connectivity index (χ0) is 12.0. The quantitative estimate of drug-likeness (QED) is 0.569. The Kier molecular flexibility index (Phi) is 5.62. The van der Waals surface area contributed by atoms with Gasteiger partial charge in [-0.25, -0.2) is 0 Å². The maximum atomic E-state index is 11.7. The summed E-state index contributed by atoms with van der Waals surface area (Å²) in [5.74, 6) is 1.36. The standard InChI is InChI=1S/C12H23NO2S/c1-2-10(3-6-14)8-13-11(15)7-12(9-16)4-5-12/h10,14,16H,2-9H2,1H3,(H,13,15). The monoisotopic (exact) mass is 245 g/mol. The third-order valence-electron chi connectivity index (χ3n) is 3.53. The Morgan fingerprint density at radius 3 is 2.69 bits per heavy atom. The molecule has 0 heterocycles. The highest BCUT2D eigenvalue weighted by Gasteiger charge is 2.42. The molecule has 0 aliphatic heterocycles. The molecule has 0 bridgehead atoms. The van der Waals surface area contributed by atoms with E-state index in [1.165, 1.54) is 0 Å². The molecular weight excluding hydrogens is 222 g/mol. The first-order valence-electron chi connectivity index (χ1n) is 6.14. The van der Waals surface area contributed by atoms with Gasteiger partial charge in [-0.15, -0.1) is 0 Å². The van der Waals surface area contributed by atoms with E-state index in [2.05, 4.69) is 24.9 Å². The van der Waals surface area contributed by atoms with E-state index in [1.807, 2.05) is 0 Å². The lowest BCUT2D eigenvalue weighted by atomic mass is 10.0. The van der Waals surface area contributed by atoms with E-state index < -0.39 is 0 Å². The zero-order valence-corrected chi connectivity index (χ0v) is 10.9. The van der Waals surface area contributed by atoms with E-state index in [-0.39, 0.29) is 17.9 Å². The summed E-state index contributed by atoms with van der Waals surface area (Å²) >= 11 is 4.29. The average Bonchev–Trinajstić information content (AvgIpc) is 3.04. The lowest BCUT2D eigenvalue weighted by molar-refractivity contribution is -0.122. The topological polar surface area (TPSA) is 49.3 Å². The number of amides is 1. The van der Waals surface area contributed by atoms with E-state index in [0.717, 1.165) is 31.4 Å². The van der Waals surface area contributed by atoms with Crippen molar-refractivity contribution >= 4 is 18.5 Å². The maximum absolute atomic E-state index is 11.7. The Morgan fingerprint density at radius 1 is 1.56 bits per heavy atom. The van der Waals surface area contributed by atoms with Gasteiger partial charge in [0.15, 0.2) is 0 Å². The highest BCUT2D eigenvalue weighted by Crippen LogP contribution is 2.49. The van der Waals surface area contributed by atoms with Crippen molar-refractivity contribution in [1.82, 2.24) is 5.32 Å². The van der Waals surface area contributed by atoms with Crippen LogP contribution in [0.15, 0.2) is 0 Å². The molecule has 1 aliphatic carbocycles. The van der Waals surface area contributed by atoms with Crippen LogP contribution in [-0.2, 0) is 4.79 Å². The molecule has 0 aromatic heterocycles. The van der Waals surface area contributed by atoms with E-state index in [1.54, 1.807) is 0 Å². The number of carbonyl (C=O) groups excluding carboxylic acids is 1. The predicted molar refractivity (Wildman–Crippen MR) is 68.6 cm³/mol. The number of carbonyl (C=O) groups is 1. The second-order valence-corrected chi connectivity index (χ2v) is 5.24. The first-order valence-corrected chi connectivity index (χ1v) is 6.77. The van der Waals surface area contributed by atoms with E-state index >= 15 is 0 Å². The van der Waals surface area contributed by atoms with Crippen LogP contribution in [0.25, 0.3) is 0 Å². The Hall–Kier alpha value is -0.220. The summed E-state index contributed by atoms with van der Waals surface area (Å²) in [6.07, 6.45) is 4.66. The average molecular weight is 245 g/mol. The van der Waals surface area contributed by atoms with E-state index in [0.29, 0.717) is 18.9 Å². The van der Waals surface area contributed by atoms with E-state index in [4.69, 9.17) is 5.11 Å². The van der Waals surface area contributed by atoms with Crippen molar-refractivity contribution in [3.8, 4) is 0 Å². The van der Waals surface area contributed by atoms with Gasteiger partial charge in [0.05, 0.1) is 0 Å². The smallest absolute Gasteiger partial charge is 0.220 e. The van der Waals surface area contributed by atoms with Crippen molar-refractivity contribution in [3.63, 3.8) is 0 Å². The number of aliphatic hydroxyl groups is 1. The molecule has 16 heavy (non-hydrogen) atoms. The molecule has 1 amide bonds. The molecule has 1 fully saturated rings. The number of hydrogen-bond acceptors (Lipinski definition) is 3. The summed E-state index contributed by atoms with van der Waals surface area (Å²) in [5, 5.41) is 11.8. The van der Waals surface area contributed by atoms with Crippen LogP contribution in [0.5, 0.6) is 0 Å². The summed E-state index contributed by atoms with van der Waals surface area (Å²) in [7, 11) is 0. The number of rotatable bonds is 8. The lowest BCUT2D eigenvalue weighted by Gasteiger charge is -2.16. The molecule has 1 rings (SSSR count). The largest absolute Gasteiger partial charge is 0.396 e. The van der Waals surface area contributed by atoms with Crippen molar-refractivity contribution in [2.24, 2.45) is 11.3 Å². The minimum absolute atomic E-state index is 0.142. The molecule has 0 aromatic rings. The Morgan fingerprint density at radius 2 is 2.25 bits per heavy atom. The third kappa shape index (κ3) is 4.34. The summed E-state index contributed by atoms with van der Waals surface area (Å²) in [6, 6.07) is 0. The first-order chi connectivity index (χ1) is 7.65. The fourth-order valence-corrected chi connectivity index (χ4v) is 2.29. The van der Waals surface area contributed by atoms with Gasteiger partial charge >= 0.3 is 0 Å². The van der Waals surface area contributed by atoms with Gasteiger partial charge < -0.3 is 10.4 Å². The van der Waals surface area contributed by atoms with Crippen LogP contribution in [0, 0.1) is 11.3 Å². The lowest BCUT2D eigenvalue weighted by Crippen LogP contribution is -2.31. The minimum Gasteiger partial charge on any atom is -0.396 e. The summed E-state index contributed by atoms with van der Waals surface area (Å²) in [4.78, 5) is 11.7. The van der Waals surface area contributed by atoms with Crippen LogP contribution in [-0.4, -0.2) is 29.9 Å². The molecule has 1 aliphatic rings. The van der Waals surface area contributed by atoms with Gasteiger partial charge in [-0.3, -0.25) is 4.79 Å².